The maximum Gasteiger partial charge on any atom is 0.416 e. The summed E-state index contributed by atoms with van der Waals surface area (Å²) in [6, 6.07) is 9.82. The van der Waals surface area contributed by atoms with E-state index < -0.39 is 23.9 Å². The zero-order valence-electron chi connectivity index (χ0n) is 12.5. The molecule has 1 N–H and O–H groups in total. The van der Waals surface area contributed by atoms with Crippen LogP contribution in [0.1, 0.15) is 29.3 Å². The average Bonchev–Trinajstić information content (AvgIpc) is 2.96. The second kappa shape index (κ2) is 6.13. The van der Waals surface area contributed by atoms with Gasteiger partial charge in [-0.25, -0.2) is 4.98 Å². The molecule has 2 atom stereocenters. The number of alkyl halides is 3. The number of rotatable bonds is 2. The number of nitrogens with zero attached hydrogens (tertiary/aromatic N) is 3. The second-order valence-corrected chi connectivity index (χ2v) is 5.65. The van der Waals surface area contributed by atoms with Crippen LogP contribution in [0.3, 0.4) is 0 Å². The number of aliphatic hydroxyl groups excluding tert-OH is 1. The molecule has 2 heterocycles. The fourth-order valence-electron chi connectivity index (χ4n) is 3.10. The van der Waals surface area contributed by atoms with Crippen LogP contribution >= 0.6 is 0 Å². The number of pyridine rings is 1. The van der Waals surface area contributed by atoms with Crippen molar-refractivity contribution in [3.05, 3.63) is 59.4 Å². The van der Waals surface area contributed by atoms with Crippen LogP contribution in [0.4, 0.5) is 18.9 Å². The van der Waals surface area contributed by atoms with E-state index >= 15 is 0 Å². The quantitative estimate of drug-likeness (QED) is 0.916. The number of benzene rings is 1. The molecule has 1 saturated heterocycles. The monoisotopic (exact) mass is 333 g/mol. The topological polar surface area (TPSA) is 60.2 Å². The highest BCUT2D eigenvalue weighted by atomic mass is 19.4. The lowest BCUT2D eigenvalue weighted by Crippen LogP contribution is -2.26. The summed E-state index contributed by atoms with van der Waals surface area (Å²) in [5, 5.41) is 19.0. The number of halogens is 3. The van der Waals surface area contributed by atoms with Gasteiger partial charge in [-0.05, 0) is 30.2 Å². The van der Waals surface area contributed by atoms with Gasteiger partial charge in [0.2, 0.25) is 0 Å². The van der Waals surface area contributed by atoms with E-state index in [1.807, 2.05) is 6.07 Å². The average molecular weight is 333 g/mol. The van der Waals surface area contributed by atoms with Crippen molar-refractivity contribution in [3.8, 4) is 6.07 Å². The summed E-state index contributed by atoms with van der Waals surface area (Å²) >= 11 is 0. The van der Waals surface area contributed by atoms with Gasteiger partial charge in [-0.3, -0.25) is 0 Å². The van der Waals surface area contributed by atoms with Gasteiger partial charge >= 0.3 is 6.18 Å². The Morgan fingerprint density at radius 3 is 2.71 bits per heavy atom. The predicted octanol–water partition coefficient (Wildman–Crippen LogP) is 3.28. The fourth-order valence-corrected chi connectivity index (χ4v) is 3.10. The van der Waals surface area contributed by atoms with Gasteiger partial charge < -0.3 is 10.0 Å². The Morgan fingerprint density at radius 2 is 2.00 bits per heavy atom. The molecular formula is C17H14F3N3O. The summed E-state index contributed by atoms with van der Waals surface area (Å²) in [5.74, 6) is 0. The largest absolute Gasteiger partial charge is 0.416 e. The lowest BCUT2D eigenvalue weighted by molar-refractivity contribution is -0.138. The highest BCUT2D eigenvalue weighted by molar-refractivity contribution is 5.53. The van der Waals surface area contributed by atoms with Gasteiger partial charge in [0.1, 0.15) is 11.8 Å². The van der Waals surface area contributed by atoms with Gasteiger partial charge in [-0.15, -0.1) is 0 Å². The van der Waals surface area contributed by atoms with Gasteiger partial charge in [0, 0.05) is 18.4 Å². The molecule has 3 rings (SSSR count). The van der Waals surface area contributed by atoms with Gasteiger partial charge in [0.05, 0.1) is 17.7 Å². The predicted molar refractivity (Wildman–Crippen MR) is 81.1 cm³/mol. The number of β-amino-alcohol motifs (C(OH)–C–C–N with tert-alkyl or cyclic N) is 1. The molecule has 0 saturated carbocycles. The van der Waals surface area contributed by atoms with Crippen LogP contribution in [0.5, 0.6) is 0 Å². The first kappa shape index (κ1) is 16.3. The highest BCUT2D eigenvalue weighted by Crippen LogP contribution is 2.42. The molecule has 1 aliphatic rings. The molecule has 1 fully saturated rings. The Bertz CT molecular complexity index is 785. The summed E-state index contributed by atoms with van der Waals surface area (Å²) in [4.78, 5) is 5.56. The Kier molecular flexibility index (Phi) is 4.16. The number of aliphatic hydroxyl groups is 1. The van der Waals surface area contributed by atoms with E-state index in [9.17, 15) is 18.3 Å². The third kappa shape index (κ3) is 3.05. The molecule has 4 nitrogen and oxygen atoms in total. The molecule has 1 aliphatic heterocycles. The van der Waals surface area contributed by atoms with Crippen LogP contribution in [-0.4, -0.2) is 22.7 Å². The van der Waals surface area contributed by atoms with E-state index in [0.717, 1.165) is 6.07 Å². The normalized spacial score (nSPS) is 20.9. The van der Waals surface area contributed by atoms with Crippen molar-refractivity contribution in [2.24, 2.45) is 0 Å². The molecule has 0 aliphatic carbocycles. The summed E-state index contributed by atoms with van der Waals surface area (Å²) in [6.07, 6.45) is -3.58. The molecule has 0 bridgehead atoms. The number of hydrogen-bond donors (Lipinski definition) is 1. The van der Waals surface area contributed by atoms with E-state index in [1.54, 1.807) is 17.0 Å². The lowest BCUT2D eigenvalue weighted by Gasteiger charge is -2.28. The van der Waals surface area contributed by atoms with Crippen LogP contribution in [0.25, 0.3) is 0 Å². The van der Waals surface area contributed by atoms with Crippen molar-refractivity contribution in [3.63, 3.8) is 0 Å². The minimum atomic E-state index is -4.47. The Balaban J connectivity index is 2.05. The molecule has 1 aromatic heterocycles. The van der Waals surface area contributed by atoms with Crippen molar-refractivity contribution >= 4 is 5.69 Å². The van der Waals surface area contributed by atoms with Crippen LogP contribution < -0.4 is 4.90 Å². The van der Waals surface area contributed by atoms with Gasteiger partial charge in [-0.2, -0.15) is 18.4 Å². The molecule has 0 spiro atoms. The molecule has 0 amide bonds. The van der Waals surface area contributed by atoms with Crippen LogP contribution in [0.15, 0.2) is 42.6 Å². The molecule has 124 valence electrons. The van der Waals surface area contributed by atoms with Crippen molar-refractivity contribution in [1.82, 2.24) is 4.98 Å². The minimum Gasteiger partial charge on any atom is -0.391 e. The van der Waals surface area contributed by atoms with Crippen molar-refractivity contribution < 1.29 is 18.3 Å². The minimum absolute atomic E-state index is 0.122. The second-order valence-electron chi connectivity index (χ2n) is 5.65. The van der Waals surface area contributed by atoms with E-state index in [1.165, 1.54) is 24.4 Å². The van der Waals surface area contributed by atoms with E-state index in [2.05, 4.69) is 4.98 Å². The number of nitriles is 1. The number of hydrogen-bond acceptors (Lipinski definition) is 4. The molecule has 24 heavy (non-hydrogen) atoms. The summed E-state index contributed by atoms with van der Waals surface area (Å²) in [7, 11) is 0. The zero-order valence-corrected chi connectivity index (χ0v) is 12.5. The third-order valence-electron chi connectivity index (χ3n) is 4.09. The summed E-state index contributed by atoms with van der Waals surface area (Å²) in [5.41, 5.74) is 0.164. The molecule has 7 heteroatoms. The van der Waals surface area contributed by atoms with Crippen LogP contribution in [-0.2, 0) is 6.18 Å². The lowest BCUT2D eigenvalue weighted by atomic mass is 9.97. The first-order valence-electron chi connectivity index (χ1n) is 7.37. The summed E-state index contributed by atoms with van der Waals surface area (Å²) in [6.45, 7) is 0.200. The maximum absolute atomic E-state index is 13.3. The standard InChI is InChI=1S/C17H14F3N3O/c18-17(19,20)15-4-2-1-3-14(15)16-8-13(24)10-23(16)12-5-6-22-11(7-12)9-21/h1-7,13,16,24H,8,10H2/t13-,16+/m1/s1. The van der Waals surface area contributed by atoms with Gasteiger partial charge in [0.25, 0.3) is 0 Å². The maximum atomic E-state index is 13.3. The van der Waals surface area contributed by atoms with Crippen molar-refractivity contribution in [2.45, 2.75) is 24.7 Å². The van der Waals surface area contributed by atoms with Gasteiger partial charge in [-0.1, -0.05) is 18.2 Å². The number of aromatic nitrogens is 1. The Hall–Kier alpha value is -2.59. The Labute approximate surface area is 136 Å². The zero-order chi connectivity index (χ0) is 17.3. The van der Waals surface area contributed by atoms with Gasteiger partial charge in [0.15, 0.2) is 0 Å². The third-order valence-corrected chi connectivity index (χ3v) is 4.09. The molecule has 2 aromatic rings. The molecule has 0 unspecified atom stereocenters. The molecule has 0 radical (unpaired) electrons. The van der Waals surface area contributed by atoms with Crippen molar-refractivity contribution in [2.75, 3.05) is 11.4 Å². The van der Waals surface area contributed by atoms with Crippen LogP contribution in [0, 0.1) is 11.3 Å². The molecule has 1 aromatic carbocycles. The number of anilines is 1. The van der Waals surface area contributed by atoms with E-state index in [-0.39, 0.29) is 24.2 Å². The highest BCUT2D eigenvalue weighted by Gasteiger charge is 2.39. The van der Waals surface area contributed by atoms with Crippen LogP contribution in [0.2, 0.25) is 0 Å². The Morgan fingerprint density at radius 1 is 1.25 bits per heavy atom. The van der Waals surface area contributed by atoms with Crippen molar-refractivity contribution in [1.29, 1.82) is 5.26 Å². The first-order valence-corrected chi connectivity index (χ1v) is 7.37. The fraction of sp³-hybridized carbons (Fsp3) is 0.294. The SMILES string of the molecule is N#Cc1cc(N2C[C@H](O)C[C@H]2c2ccccc2C(F)(F)F)ccn1. The first-order chi connectivity index (χ1) is 11.4. The smallest absolute Gasteiger partial charge is 0.391 e. The molecular weight excluding hydrogens is 319 g/mol. The van der Waals surface area contributed by atoms with E-state index in [4.69, 9.17) is 5.26 Å². The summed E-state index contributed by atoms with van der Waals surface area (Å²) < 4.78 is 39.9. The van der Waals surface area contributed by atoms with E-state index in [0.29, 0.717) is 5.69 Å².